The molecule has 55 heavy (non-hydrogen) atoms. The molecule has 2 aliphatic carbocycles. The number of carbonyl (C=O) groups excluding carboxylic acids is 3. The van der Waals surface area contributed by atoms with Gasteiger partial charge in [-0.05, 0) is 103 Å². The van der Waals surface area contributed by atoms with Crippen molar-refractivity contribution >= 4 is 17.7 Å². The van der Waals surface area contributed by atoms with E-state index in [1.807, 2.05) is 110 Å². The van der Waals surface area contributed by atoms with Crippen LogP contribution in [0, 0.1) is 10.8 Å². The highest BCUT2D eigenvalue weighted by atomic mass is 16.6. The molecule has 2 N–H and O–H groups in total. The van der Waals surface area contributed by atoms with Gasteiger partial charge in [-0.2, -0.15) is 0 Å². The lowest BCUT2D eigenvalue weighted by Crippen LogP contribution is -2.48. The number of hydrogen-bond donors (Lipinski definition) is 2. The molecule has 9 heteroatoms. The number of likely N-dealkylation sites (N-methyl/N-ethyl adjacent to an activating group) is 1. The molecule has 306 valence electrons. The van der Waals surface area contributed by atoms with Crippen molar-refractivity contribution in [3.8, 4) is 0 Å². The second kappa shape index (κ2) is 19.0. The number of rotatable bonds is 13. The molecule has 1 heterocycles. The summed E-state index contributed by atoms with van der Waals surface area (Å²) >= 11 is 0. The Bertz CT molecular complexity index is 1660. The van der Waals surface area contributed by atoms with Crippen molar-refractivity contribution in [2.45, 2.75) is 157 Å². The van der Waals surface area contributed by atoms with Crippen LogP contribution >= 0.6 is 0 Å². The molecule has 1 unspecified atom stereocenters. The first-order valence-electron chi connectivity index (χ1n) is 19.4. The Balaban J connectivity index is 0.00000103. The fourth-order valence-electron chi connectivity index (χ4n) is 8.35. The van der Waals surface area contributed by atoms with Crippen LogP contribution in [0.2, 0.25) is 0 Å². The number of aliphatic hydroxyl groups excluding tert-OH is 1. The summed E-state index contributed by atoms with van der Waals surface area (Å²) in [6.07, 6.45) is 20.2. The van der Waals surface area contributed by atoms with Crippen LogP contribution in [0.15, 0.2) is 88.3 Å². The van der Waals surface area contributed by atoms with E-state index >= 15 is 0 Å². The highest BCUT2D eigenvalue weighted by Crippen LogP contribution is 2.67. The van der Waals surface area contributed by atoms with E-state index in [4.69, 9.17) is 9.47 Å². The maximum absolute atomic E-state index is 13.1. The first kappa shape index (κ1) is 47.6. The lowest BCUT2D eigenvalue weighted by Gasteiger charge is -2.44. The number of hydrogen-bond acceptors (Lipinski definition) is 9. The van der Waals surface area contributed by atoms with E-state index in [0.717, 1.165) is 22.3 Å². The molecule has 3 fully saturated rings. The monoisotopic (exact) mass is 762 g/mol. The molecule has 0 amide bonds. The van der Waals surface area contributed by atoms with Crippen LogP contribution in [0.3, 0.4) is 0 Å². The zero-order valence-electron chi connectivity index (χ0n) is 36.0. The predicted octanol–water partition coefficient (Wildman–Crippen LogP) is 7.21. The summed E-state index contributed by atoms with van der Waals surface area (Å²) < 4.78 is 11.6. The molecular weight excluding hydrogens is 695 g/mol. The molecule has 2 saturated carbocycles. The van der Waals surface area contributed by atoms with Gasteiger partial charge in [-0.1, -0.05) is 94.4 Å². The normalized spacial score (nSPS) is 29.9. The molecule has 1 saturated heterocycles. The fourth-order valence-corrected chi connectivity index (χ4v) is 8.35. The first-order chi connectivity index (χ1) is 25.2. The van der Waals surface area contributed by atoms with Crippen LogP contribution < -0.4 is 5.11 Å². The van der Waals surface area contributed by atoms with Gasteiger partial charge in [0.25, 0.3) is 0 Å². The van der Waals surface area contributed by atoms with Gasteiger partial charge in [0.15, 0.2) is 5.78 Å². The third-order valence-corrected chi connectivity index (χ3v) is 11.2. The van der Waals surface area contributed by atoms with E-state index in [0.29, 0.717) is 44.1 Å². The van der Waals surface area contributed by atoms with E-state index in [1.165, 1.54) is 6.92 Å². The number of ketones is 1. The number of epoxide rings is 1. The number of carboxylic acid groups (broad SMARTS) is 1. The molecule has 0 aromatic rings. The standard InChI is InChI=1S/C40H56O6.C6H13NO2/c1-27(14-12-15-29(3)20-21-35-36(6,7)24-33(45-31(5)41)25-38(35,10)44)18-19-28(2)16-13-17-30(4)34(43)26-40-37(8,9)22-32(42)23-39(40,11)46-40;1-4-5(6(8)9)7(2)3/h12-20,32-33,42,44H,22-26H2,1-11H3;5H,4H2,1-3H3,(H,8,9)/p-1/b14-12+,16-13+,27-18+,28-19+,29-15+,30-17+;/t21?,32-,33-,38+,39+,40-;/m0./s1. The Morgan fingerprint density at radius 2 is 1.45 bits per heavy atom. The smallest absolute Gasteiger partial charge is 0.302 e. The second-order valence-corrected chi connectivity index (χ2v) is 17.7. The molecular formula is C46H68NO8-. The summed E-state index contributed by atoms with van der Waals surface area (Å²) in [4.78, 5) is 36.4. The molecule has 1 aliphatic heterocycles. The van der Waals surface area contributed by atoms with Crippen LogP contribution in [0.25, 0.3) is 0 Å². The summed E-state index contributed by atoms with van der Waals surface area (Å²) in [5, 5.41) is 31.6. The Hall–Kier alpha value is -3.59. The number of carboxylic acids is 1. The van der Waals surface area contributed by atoms with Crippen molar-refractivity contribution in [1.82, 2.24) is 4.90 Å². The number of Topliss-reactive ketones (excluding diaryl/α,β-unsaturated/α-hetero) is 1. The van der Waals surface area contributed by atoms with Crippen molar-refractivity contribution in [3.63, 3.8) is 0 Å². The van der Waals surface area contributed by atoms with Gasteiger partial charge in [0.2, 0.25) is 0 Å². The van der Waals surface area contributed by atoms with Crippen LogP contribution in [0.1, 0.15) is 122 Å². The molecule has 0 aromatic heterocycles. The van der Waals surface area contributed by atoms with Crippen LogP contribution in [-0.2, 0) is 23.9 Å². The SMILES string of the molecule is CC(=O)O[C@H]1CC(C)(C)C(=C=C/C(C)=C/C=C/C(C)=C/C=C(C)/C=C/C=C(\C)C(=O)C[C@@]23O[C@]2(C)C[C@@H](O)CC3(C)C)[C@](C)(O)C1.CCC(C(=O)[O-])N(C)C. The molecule has 6 atom stereocenters. The number of ether oxygens (including phenoxy) is 2. The topological polar surface area (TPSA) is 140 Å². The fraction of sp³-hybridized carbons (Fsp3) is 0.609. The van der Waals surface area contributed by atoms with Gasteiger partial charge < -0.3 is 34.5 Å². The third-order valence-electron chi connectivity index (χ3n) is 11.2. The van der Waals surface area contributed by atoms with Crippen molar-refractivity contribution in [2.24, 2.45) is 10.8 Å². The highest BCUT2D eigenvalue weighted by molar-refractivity contribution is 5.96. The summed E-state index contributed by atoms with van der Waals surface area (Å²) in [6.45, 7) is 23.2. The molecule has 3 aliphatic rings. The number of aliphatic carboxylic acids is 1. The number of aliphatic hydroxyl groups is 2. The quantitative estimate of drug-likeness (QED) is 0.0655. The van der Waals surface area contributed by atoms with E-state index in [2.05, 4.69) is 19.6 Å². The highest BCUT2D eigenvalue weighted by Gasteiger charge is 2.76. The Morgan fingerprint density at radius 3 is 1.91 bits per heavy atom. The second-order valence-electron chi connectivity index (χ2n) is 17.7. The van der Waals surface area contributed by atoms with Gasteiger partial charge in [-0.3, -0.25) is 9.59 Å². The Labute approximate surface area is 330 Å². The molecule has 0 spiro atoms. The zero-order chi connectivity index (χ0) is 42.2. The molecule has 9 nitrogen and oxygen atoms in total. The number of fused-ring (bicyclic) bond motifs is 1. The van der Waals surface area contributed by atoms with Crippen molar-refractivity contribution in [1.29, 1.82) is 0 Å². The van der Waals surface area contributed by atoms with Crippen molar-refractivity contribution < 1.29 is 39.2 Å². The predicted molar refractivity (Wildman–Crippen MR) is 218 cm³/mol. The van der Waals surface area contributed by atoms with Gasteiger partial charge in [-0.25, -0.2) is 0 Å². The van der Waals surface area contributed by atoms with Crippen LogP contribution in [0.4, 0.5) is 0 Å². The maximum atomic E-state index is 13.1. The summed E-state index contributed by atoms with van der Waals surface area (Å²) in [5.41, 5.74) is 5.32. The molecule has 0 radical (unpaired) electrons. The van der Waals surface area contributed by atoms with Crippen molar-refractivity contribution in [3.05, 3.63) is 88.3 Å². The van der Waals surface area contributed by atoms with Gasteiger partial charge in [0.05, 0.1) is 23.3 Å². The largest absolute Gasteiger partial charge is 0.548 e. The maximum Gasteiger partial charge on any atom is 0.302 e. The minimum absolute atomic E-state index is 0.0791. The number of carbonyl (C=O) groups is 3. The molecule has 0 bridgehead atoms. The summed E-state index contributed by atoms with van der Waals surface area (Å²) in [5.74, 6) is -1.25. The average Bonchev–Trinajstić information content (AvgIpc) is 3.63. The molecule has 0 aromatic carbocycles. The number of esters is 1. The minimum atomic E-state index is -1.11. The first-order valence-corrected chi connectivity index (χ1v) is 19.4. The van der Waals surface area contributed by atoms with E-state index < -0.39 is 28.8 Å². The van der Waals surface area contributed by atoms with E-state index in [1.54, 1.807) is 25.9 Å². The average molecular weight is 763 g/mol. The number of allylic oxidation sites excluding steroid dienone is 12. The third kappa shape index (κ3) is 13.0. The summed E-state index contributed by atoms with van der Waals surface area (Å²) in [6, 6.07) is -0.440. The lowest BCUT2D eigenvalue weighted by atomic mass is 9.61. The zero-order valence-corrected chi connectivity index (χ0v) is 36.0. The lowest BCUT2D eigenvalue weighted by molar-refractivity contribution is -0.311. The van der Waals surface area contributed by atoms with Crippen LogP contribution in [-0.4, -0.2) is 82.0 Å². The summed E-state index contributed by atoms with van der Waals surface area (Å²) in [7, 11) is 3.45. The van der Waals surface area contributed by atoms with Crippen LogP contribution in [0.5, 0.6) is 0 Å². The number of nitrogens with zero attached hydrogens (tertiary/aromatic N) is 1. The minimum Gasteiger partial charge on any atom is -0.548 e. The van der Waals surface area contributed by atoms with Gasteiger partial charge in [0, 0.05) is 37.8 Å². The molecule has 3 rings (SSSR count). The van der Waals surface area contributed by atoms with Gasteiger partial charge in [0.1, 0.15) is 11.7 Å². The van der Waals surface area contributed by atoms with E-state index in [-0.39, 0.29) is 34.8 Å². The Morgan fingerprint density at radius 1 is 0.891 bits per heavy atom. The van der Waals surface area contributed by atoms with E-state index in [9.17, 15) is 29.7 Å². The van der Waals surface area contributed by atoms with Gasteiger partial charge >= 0.3 is 5.97 Å². The van der Waals surface area contributed by atoms with Crippen molar-refractivity contribution in [2.75, 3.05) is 14.1 Å². The Kier molecular flexibility index (Phi) is 16.5. The van der Waals surface area contributed by atoms with Gasteiger partial charge in [-0.15, -0.1) is 5.73 Å².